The highest BCUT2D eigenvalue weighted by Gasteiger charge is 2.15. The lowest BCUT2D eigenvalue weighted by Crippen LogP contribution is -2.29. The number of benzene rings is 2. The molecule has 0 aliphatic heterocycles. The molecule has 1 heterocycles. The Morgan fingerprint density at radius 3 is 2.29 bits per heavy atom. The number of amides is 1. The maximum Gasteiger partial charge on any atom is 0.251 e. The summed E-state index contributed by atoms with van der Waals surface area (Å²) in [4.78, 5) is 16.9. The van der Waals surface area contributed by atoms with Gasteiger partial charge in [-0.3, -0.25) is 4.79 Å². The number of nitrogens with one attached hydrogen (secondary N) is 1. The van der Waals surface area contributed by atoms with Crippen molar-refractivity contribution in [2.45, 2.75) is 39.8 Å². The predicted molar refractivity (Wildman–Crippen MR) is 98.2 cm³/mol. The molecule has 4 heteroatoms. The summed E-state index contributed by atoms with van der Waals surface area (Å²) in [5.41, 5.74) is 3.80. The van der Waals surface area contributed by atoms with Crippen molar-refractivity contribution >= 4 is 16.9 Å². The highest BCUT2D eigenvalue weighted by molar-refractivity contribution is 5.94. The lowest BCUT2D eigenvalue weighted by molar-refractivity contribution is 0.0943. The van der Waals surface area contributed by atoms with Gasteiger partial charge in [-0.2, -0.15) is 0 Å². The normalized spacial score (nSPS) is 11.4. The maximum absolute atomic E-state index is 12.1. The fourth-order valence-electron chi connectivity index (χ4n) is 2.89. The molecule has 0 unspecified atom stereocenters. The Morgan fingerprint density at radius 1 is 1.00 bits per heavy atom. The second-order valence-electron chi connectivity index (χ2n) is 6.59. The molecular formula is C20H23N3O. The van der Waals surface area contributed by atoms with Gasteiger partial charge in [0.05, 0.1) is 11.0 Å². The summed E-state index contributed by atoms with van der Waals surface area (Å²) in [7, 11) is 0. The Balaban J connectivity index is 2.02. The van der Waals surface area contributed by atoms with Crippen molar-refractivity contribution in [3.8, 4) is 11.4 Å². The van der Waals surface area contributed by atoms with Gasteiger partial charge in [0.2, 0.25) is 0 Å². The number of nitrogens with zero attached hydrogens (tertiary/aromatic N) is 2. The van der Waals surface area contributed by atoms with Crippen molar-refractivity contribution in [2.24, 2.45) is 0 Å². The number of imidazole rings is 1. The third-order valence-electron chi connectivity index (χ3n) is 3.94. The van der Waals surface area contributed by atoms with Gasteiger partial charge in [-0.15, -0.1) is 0 Å². The minimum Gasteiger partial charge on any atom is -0.350 e. The molecule has 0 aliphatic carbocycles. The smallest absolute Gasteiger partial charge is 0.251 e. The van der Waals surface area contributed by atoms with Gasteiger partial charge >= 0.3 is 0 Å². The van der Waals surface area contributed by atoms with E-state index in [1.54, 1.807) is 0 Å². The topological polar surface area (TPSA) is 46.9 Å². The van der Waals surface area contributed by atoms with E-state index in [1.165, 1.54) is 0 Å². The first kappa shape index (κ1) is 16.2. The van der Waals surface area contributed by atoms with E-state index in [4.69, 9.17) is 4.98 Å². The van der Waals surface area contributed by atoms with Crippen molar-refractivity contribution < 1.29 is 4.79 Å². The molecule has 24 heavy (non-hydrogen) atoms. The Labute approximate surface area is 142 Å². The minimum atomic E-state index is -0.0473. The Morgan fingerprint density at radius 2 is 1.67 bits per heavy atom. The van der Waals surface area contributed by atoms with Crippen LogP contribution in [0.4, 0.5) is 0 Å². The van der Waals surface area contributed by atoms with Gasteiger partial charge < -0.3 is 9.88 Å². The van der Waals surface area contributed by atoms with E-state index in [0.29, 0.717) is 11.6 Å². The van der Waals surface area contributed by atoms with Crippen molar-refractivity contribution in [3.05, 3.63) is 54.1 Å². The average molecular weight is 321 g/mol. The van der Waals surface area contributed by atoms with Crippen LogP contribution in [0.1, 0.15) is 44.1 Å². The van der Waals surface area contributed by atoms with E-state index in [2.05, 4.69) is 29.8 Å². The van der Waals surface area contributed by atoms with E-state index in [-0.39, 0.29) is 11.9 Å². The summed E-state index contributed by atoms with van der Waals surface area (Å²) in [5.74, 6) is 0.885. The zero-order valence-corrected chi connectivity index (χ0v) is 14.6. The largest absolute Gasteiger partial charge is 0.350 e. The molecule has 0 saturated heterocycles. The lowest BCUT2D eigenvalue weighted by Gasteiger charge is -2.13. The van der Waals surface area contributed by atoms with Crippen molar-refractivity contribution in [3.63, 3.8) is 0 Å². The molecule has 1 N–H and O–H groups in total. The number of carbonyl (C=O) groups excluding carboxylic acids is 1. The second-order valence-corrected chi connectivity index (χ2v) is 6.59. The van der Waals surface area contributed by atoms with Crippen LogP contribution in [-0.2, 0) is 0 Å². The first-order chi connectivity index (χ1) is 11.5. The Bertz CT molecular complexity index is 860. The molecule has 124 valence electrons. The van der Waals surface area contributed by atoms with Gasteiger partial charge in [0.25, 0.3) is 5.91 Å². The second kappa shape index (κ2) is 6.48. The molecule has 4 nitrogen and oxygen atoms in total. The summed E-state index contributed by atoms with van der Waals surface area (Å²) in [6.45, 7) is 8.22. The van der Waals surface area contributed by atoms with E-state index in [1.807, 2.05) is 56.3 Å². The first-order valence-corrected chi connectivity index (χ1v) is 8.35. The maximum atomic E-state index is 12.1. The fourth-order valence-corrected chi connectivity index (χ4v) is 2.89. The number of aromatic nitrogens is 2. The molecule has 0 radical (unpaired) electrons. The molecule has 3 rings (SSSR count). The van der Waals surface area contributed by atoms with E-state index in [0.717, 1.165) is 22.4 Å². The van der Waals surface area contributed by atoms with Crippen LogP contribution < -0.4 is 5.32 Å². The fraction of sp³-hybridized carbons (Fsp3) is 0.300. The molecule has 0 bridgehead atoms. The third kappa shape index (κ3) is 3.04. The molecule has 0 aliphatic rings. The minimum absolute atomic E-state index is 0.0473. The zero-order chi connectivity index (χ0) is 17.3. The molecule has 0 saturated carbocycles. The SMILES string of the molecule is CC(C)NC(=O)c1ccc(-c2nc3ccccc3n2C(C)C)cc1. The number of hydrogen-bond donors (Lipinski definition) is 1. The van der Waals surface area contributed by atoms with Gasteiger partial charge in [-0.25, -0.2) is 4.98 Å². The number of fused-ring (bicyclic) bond motifs is 1. The van der Waals surface area contributed by atoms with Crippen molar-refractivity contribution in [2.75, 3.05) is 0 Å². The average Bonchev–Trinajstić information content (AvgIpc) is 2.94. The van der Waals surface area contributed by atoms with Crippen LogP contribution in [0, 0.1) is 0 Å². The predicted octanol–water partition coefficient (Wildman–Crippen LogP) is 4.42. The van der Waals surface area contributed by atoms with Crippen molar-refractivity contribution in [1.82, 2.24) is 14.9 Å². The molecule has 3 aromatic rings. The molecule has 2 aromatic carbocycles. The van der Waals surface area contributed by atoms with Crippen LogP contribution in [0.5, 0.6) is 0 Å². The van der Waals surface area contributed by atoms with Crippen LogP contribution >= 0.6 is 0 Å². The highest BCUT2D eigenvalue weighted by Crippen LogP contribution is 2.28. The quantitative estimate of drug-likeness (QED) is 0.773. The van der Waals surface area contributed by atoms with Gasteiger partial charge in [0.1, 0.15) is 5.82 Å². The Kier molecular flexibility index (Phi) is 4.38. The third-order valence-corrected chi connectivity index (χ3v) is 3.94. The summed E-state index contributed by atoms with van der Waals surface area (Å²) in [6.07, 6.45) is 0. The molecule has 0 atom stereocenters. The lowest BCUT2D eigenvalue weighted by atomic mass is 10.1. The molecule has 1 amide bonds. The number of hydrogen-bond acceptors (Lipinski definition) is 2. The van der Waals surface area contributed by atoms with Crippen LogP contribution in [0.15, 0.2) is 48.5 Å². The monoisotopic (exact) mass is 321 g/mol. The highest BCUT2D eigenvalue weighted by atomic mass is 16.1. The van der Waals surface area contributed by atoms with E-state index >= 15 is 0 Å². The van der Waals surface area contributed by atoms with E-state index < -0.39 is 0 Å². The first-order valence-electron chi connectivity index (χ1n) is 8.35. The molecule has 1 aromatic heterocycles. The summed E-state index contributed by atoms with van der Waals surface area (Å²) >= 11 is 0. The van der Waals surface area contributed by atoms with Crippen LogP contribution in [0.25, 0.3) is 22.4 Å². The van der Waals surface area contributed by atoms with Gasteiger partial charge in [-0.1, -0.05) is 24.3 Å². The van der Waals surface area contributed by atoms with Crippen LogP contribution in [-0.4, -0.2) is 21.5 Å². The van der Waals surface area contributed by atoms with E-state index in [9.17, 15) is 4.79 Å². The van der Waals surface area contributed by atoms with Gasteiger partial charge in [0.15, 0.2) is 0 Å². The number of para-hydroxylation sites is 2. The van der Waals surface area contributed by atoms with Crippen molar-refractivity contribution in [1.29, 1.82) is 0 Å². The van der Waals surface area contributed by atoms with Crippen LogP contribution in [0.2, 0.25) is 0 Å². The number of rotatable bonds is 4. The van der Waals surface area contributed by atoms with Gasteiger partial charge in [-0.05, 0) is 52.0 Å². The Hall–Kier alpha value is -2.62. The summed E-state index contributed by atoms with van der Waals surface area (Å²) in [6, 6.07) is 16.2. The summed E-state index contributed by atoms with van der Waals surface area (Å²) in [5, 5.41) is 2.91. The zero-order valence-electron chi connectivity index (χ0n) is 14.6. The number of carbonyl (C=O) groups is 1. The molecular weight excluding hydrogens is 298 g/mol. The van der Waals surface area contributed by atoms with Crippen LogP contribution in [0.3, 0.4) is 0 Å². The summed E-state index contributed by atoms with van der Waals surface area (Å²) < 4.78 is 2.23. The molecule has 0 spiro atoms. The standard InChI is InChI=1S/C20H23N3O/c1-13(2)21-20(24)16-11-9-15(10-12-16)19-22-17-7-5-6-8-18(17)23(19)14(3)4/h5-14H,1-4H3,(H,21,24). The van der Waals surface area contributed by atoms with Gasteiger partial charge in [0, 0.05) is 23.2 Å². The molecule has 0 fully saturated rings.